The van der Waals surface area contributed by atoms with E-state index in [0.29, 0.717) is 0 Å². The van der Waals surface area contributed by atoms with E-state index in [2.05, 4.69) is 30.3 Å². The van der Waals surface area contributed by atoms with Gasteiger partial charge in [0.2, 0.25) is 0 Å². The first-order chi connectivity index (χ1) is 11.1. The number of aliphatic hydroxyl groups is 1. The molecule has 3 aromatic carbocycles. The summed E-state index contributed by atoms with van der Waals surface area (Å²) in [6.45, 7) is 3.61. The van der Waals surface area contributed by atoms with Crippen molar-refractivity contribution in [3.63, 3.8) is 0 Å². The van der Waals surface area contributed by atoms with Crippen molar-refractivity contribution in [3.05, 3.63) is 72.3 Å². The molecular weight excluding hydrogens is 284 g/mol. The summed E-state index contributed by atoms with van der Waals surface area (Å²) in [4.78, 5) is 0. The zero-order valence-corrected chi connectivity index (χ0v) is 13.2. The van der Waals surface area contributed by atoms with Crippen LogP contribution in [0.25, 0.3) is 33.1 Å². The molecule has 0 saturated carbocycles. The van der Waals surface area contributed by atoms with Crippen LogP contribution in [0.1, 0.15) is 19.4 Å². The third kappa shape index (κ3) is 2.23. The van der Waals surface area contributed by atoms with Crippen molar-refractivity contribution in [2.45, 2.75) is 19.4 Å². The lowest BCUT2D eigenvalue weighted by Crippen LogP contribution is -2.17. The summed E-state index contributed by atoms with van der Waals surface area (Å²) >= 11 is 0. The molecule has 114 valence electrons. The van der Waals surface area contributed by atoms with E-state index >= 15 is 0 Å². The Kier molecular flexibility index (Phi) is 3.03. The van der Waals surface area contributed by atoms with Crippen molar-refractivity contribution < 1.29 is 9.52 Å². The number of furan rings is 1. The van der Waals surface area contributed by atoms with E-state index in [-0.39, 0.29) is 0 Å². The largest absolute Gasteiger partial charge is 0.456 e. The number of hydrogen-bond acceptors (Lipinski definition) is 2. The molecule has 1 aromatic heterocycles. The van der Waals surface area contributed by atoms with Crippen molar-refractivity contribution in [2.24, 2.45) is 0 Å². The zero-order chi connectivity index (χ0) is 16.0. The normalized spacial score (nSPS) is 12.1. The van der Waals surface area contributed by atoms with Gasteiger partial charge in [-0.2, -0.15) is 0 Å². The van der Waals surface area contributed by atoms with Crippen molar-refractivity contribution in [1.82, 2.24) is 0 Å². The number of fused-ring (bicyclic) bond motifs is 3. The number of rotatable bonds is 2. The Labute approximate surface area is 135 Å². The molecule has 0 atom stereocenters. The monoisotopic (exact) mass is 302 g/mol. The molecule has 0 radical (unpaired) electrons. The molecule has 2 heteroatoms. The second-order valence-electron chi connectivity index (χ2n) is 6.39. The zero-order valence-electron chi connectivity index (χ0n) is 13.2. The summed E-state index contributed by atoms with van der Waals surface area (Å²) in [7, 11) is 0. The van der Waals surface area contributed by atoms with Gasteiger partial charge in [0.25, 0.3) is 0 Å². The lowest BCUT2D eigenvalue weighted by molar-refractivity contribution is 0.0798. The maximum atomic E-state index is 10.8. The number of benzene rings is 3. The highest BCUT2D eigenvalue weighted by molar-refractivity contribution is 6.07. The van der Waals surface area contributed by atoms with E-state index in [1.807, 2.05) is 36.4 Å². The van der Waals surface area contributed by atoms with Gasteiger partial charge in [0.05, 0.1) is 5.60 Å². The molecule has 23 heavy (non-hydrogen) atoms. The van der Waals surface area contributed by atoms with Gasteiger partial charge in [-0.25, -0.2) is 0 Å². The van der Waals surface area contributed by atoms with Crippen molar-refractivity contribution >= 4 is 21.9 Å². The Morgan fingerprint density at radius 3 is 2.22 bits per heavy atom. The van der Waals surface area contributed by atoms with Gasteiger partial charge in [0.15, 0.2) is 0 Å². The first-order valence-corrected chi connectivity index (χ1v) is 7.78. The lowest BCUT2D eigenvalue weighted by atomic mass is 9.88. The summed E-state index contributed by atoms with van der Waals surface area (Å²) in [6.07, 6.45) is 0. The van der Waals surface area contributed by atoms with Crippen LogP contribution in [0, 0.1) is 0 Å². The summed E-state index contributed by atoms with van der Waals surface area (Å²) < 4.78 is 6.11. The third-order valence-corrected chi connectivity index (χ3v) is 4.24. The maximum Gasteiger partial charge on any atom is 0.142 e. The van der Waals surface area contributed by atoms with E-state index in [9.17, 15) is 5.11 Å². The number of para-hydroxylation sites is 1. The number of hydrogen-bond donors (Lipinski definition) is 1. The Bertz CT molecular complexity index is 989. The first kappa shape index (κ1) is 14.0. The van der Waals surface area contributed by atoms with E-state index < -0.39 is 5.60 Å². The SMILES string of the molecule is CC(C)(O)c1c(-c2ccccc2)ccc2c1oc1ccccc12. The van der Waals surface area contributed by atoms with Crippen LogP contribution in [0.15, 0.2) is 71.1 Å². The summed E-state index contributed by atoms with van der Waals surface area (Å²) in [5.41, 5.74) is 3.52. The Morgan fingerprint density at radius 2 is 1.48 bits per heavy atom. The first-order valence-electron chi connectivity index (χ1n) is 7.78. The quantitative estimate of drug-likeness (QED) is 0.532. The van der Waals surface area contributed by atoms with Crippen molar-refractivity contribution in [2.75, 3.05) is 0 Å². The van der Waals surface area contributed by atoms with Crippen molar-refractivity contribution in [1.29, 1.82) is 0 Å². The molecule has 0 spiro atoms. The average Bonchev–Trinajstić information content (AvgIpc) is 2.92. The van der Waals surface area contributed by atoms with Crippen LogP contribution in [0.3, 0.4) is 0 Å². The molecule has 0 fully saturated rings. The van der Waals surface area contributed by atoms with Crippen molar-refractivity contribution in [3.8, 4) is 11.1 Å². The van der Waals surface area contributed by atoms with Crippen LogP contribution in [0.5, 0.6) is 0 Å². The van der Waals surface area contributed by atoms with Crippen LogP contribution in [-0.4, -0.2) is 5.11 Å². The predicted octanol–water partition coefficient (Wildman–Crippen LogP) is 5.48. The topological polar surface area (TPSA) is 33.4 Å². The summed E-state index contributed by atoms with van der Waals surface area (Å²) in [6, 6.07) is 22.3. The van der Waals surface area contributed by atoms with Gasteiger partial charge < -0.3 is 9.52 Å². The minimum absolute atomic E-state index is 0.764. The van der Waals surface area contributed by atoms with E-state index in [4.69, 9.17) is 4.42 Å². The molecule has 1 heterocycles. The molecule has 0 bridgehead atoms. The Balaban J connectivity index is 2.14. The van der Waals surface area contributed by atoms with Gasteiger partial charge in [-0.15, -0.1) is 0 Å². The van der Waals surface area contributed by atoms with Crippen LogP contribution in [0.2, 0.25) is 0 Å². The molecule has 4 rings (SSSR count). The van der Waals surface area contributed by atoms with Crippen LogP contribution >= 0.6 is 0 Å². The predicted molar refractivity (Wildman–Crippen MR) is 94.4 cm³/mol. The highest BCUT2D eigenvalue weighted by atomic mass is 16.3. The highest BCUT2D eigenvalue weighted by Crippen LogP contribution is 2.41. The standard InChI is InChI=1S/C21H18O2/c1-21(2,22)19-15(14-8-4-3-5-9-14)12-13-17-16-10-6-7-11-18(16)23-20(17)19/h3-13,22H,1-2H3. The molecule has 0 unspecified atom stereocenters. The Morgan fingerprint density at radius 1 is 0.783 bits per heavy atom. The minimum Gasteiger partial charge on any atom is -0.456 e. The molecule has 4 aromatic rings. The third-order valence-electron chi connectivity index (χ3n) is 4.24. The molecule has 0 amide bonds. The van der Waals surface area contributed by atoms with E-state index in [1.165, 1.54) is 0 Å². The minimum atomic E-state index is -1.00. The molecule has 0 saturated heterocycles. The molecule has 1 N–H and O–H groups in total. The van der Waals surface area contributed by atoms with Crippen LogP contribution in [-0.2, 0) is 5.60 Å². The average molecular weight is 302 g/mol. The second-order valence-corrected chi connectivity index (χ2v) is 6.39. The molecule has 2 nitrogen and oxygen atoms in total. The van der Waals surface area contributed by atoms with Crippen LogP contribution < -0.4 is 0 Å². The summed E-state index contributed by atoms with van der Waals surface area (Å²) in [5, 5.41) is 12.9. The molecule has 0 aliphatic heterocycles. The fourth-order valence-electron chi connectivity index (χ4n) is 3.25. The second kappa shape index (κ2) is 4.97. The van der Waals surface area contributed by atoms with Gasteiger partial charge in [0, 0.05) is 16.3 Å². The fourth-order valence-corrected chi connectivity index (χ4v) is 3.25. The fraction of sp³-hybridized carbons (Fsp3) is 0.143. The van der Waals surface area contributed by atoms with E-state index in [1.54, 1.807) is 13.8 Å². The van der Waals surface area contributed by atoms with Crippen LogP contribution in [0.4, 0.5) is 0 Å². The van der Waals surface area contributed by atoms with Gasteiger partial charge in [-0.05, 0) is 37.1 Å². The maximum absolute atomic E-state index is 10.8. The van der Waals surface area contributed by atoms with Gasteiger partial charge >= 0.3 is 0 Å². The smallest absolute Gasteiger partial charge is 0.142 e. The molecule has 0 aliphatic rings. The lowest BCUT2D eigenvalue weighted by Gasteiger charge is -2.22. The van der Waals surface area contributed by atoms with Gasteiger partial charge in [-0.3, -0.25) is 0 Å². The molecule has 0 aliphatic carbocycles. The molecular formula is C21H18O2. The van der Waals surface area contributed by atoms with Gasteiger partial charge in [-0.1, -0.05) is 54.6 Å². The van der Waals surface area contributed by atoms with E-state index in [0.717, 1.165) is 38.6 Å². The Hall–Kier alpha value is -2.58. The highest BCUT2D eigenvalue weighted by Gasteiger charge is 2.26. The summed E-state index contributed by atoms with van der Waals surface area (Å²) in [5.74, 6) is 0. The van der Waals surface area contributed by atoms with Gasteiger partial charge in [0.1, 0.15) is 11.2 Å².